The number of anilines is 1. The van der Waals surface area contributed by atoms with Crippen molar-refractivity contribution in [2.75, 3.05) is 25.0 Å². The second-order valence-corrected chi connectivity index (χ2v) is 13.1. The first-order valence-electron chi connectivity index (χ1n) is 11.1. The molecular formula is C22H24ClN5O4S3. The van der Waals surface area contributed by atoms with E-state index in [1.54, 1.807) is 24.4 Å². The molecule has 2 aliphatic rings. The van der Waals surface area contributed by atoms with Crippen molar-refractivity contribution >= 4 is 62.1 Å². The van der Waals surface area contributed by atoms with Gasteiger partial charge in [-0.15, -0.1) is 11.3 Å². The van der Waals surface area contributed by atoms with Crippen LogP contribution in [0.15, 0.2) is 35.0 Å². The molecule has 35 heavy (non-hydrogen) atoms. The third-order valence-corrected chi connectivity index (χ3v) is 10.3. The van der Waals surface area contributed by atoms with Crippen molar-refractivity contribution in [3.8, 4) is 0 Å². The van der Waals surface area contributed by atoms with E-state index < -0.39 is 28.1 Å². The van der Waals surface area contributed by atoms with Crippen LogP contribution < -0.4 is 4.90 Å². The van der Waals surface area contributed by atoms with Gasteiger partial charge in [-0.1, -0.05) is 11.6 Å². The Bertz CT molecular complexity index is 1360. The minimum absolute atomic E-state index is 0.315. The standard InChI is InChI=1S/C22H24ClN5O4S3/c1-14-20(22(30)28(14)35(31,32)26-8-3-4-9-26)17-11-19(25(2)12-16-5-6-18(23)34-16)27(24-17)21(29)15-7-10-33-13-15/h5-7,10-11,13-14,20H,3-4,8-9,12H2,1-2H3. The quantitative estimate of drug-likeness (QED) is 0.415. The van der Waals surface area contributed by atoms with Crippen molar-refractivity contribution in [3.05, 3.63) is 55.5 Å². The molecule has 3 aromatic heterocycles. The van der Waals surface area contributed by atoms with Crippen molar-refractivity contribution in [1.29, 1.82) is 0 Å². The average Bonchev–Trinajstić information content (AvgIpc) is 3.60. The zero-order chi connectivity index (χ0) is 24.9. The van der Waals surface area contributed by atoms with Crippen LogP contribution in [0.25, 0.3) is 0 Å². The fourth-order valence-electron chi connectivity index (χ4n) is 4.56. The largest absolute Gasteiger partial charge is 0.354 e. The highest BCUT2D eigenvalue weighted by Crippen LogP contribution is 2.40. The zero-order valence-corrected chi connectivity index (χ0v) is 22.3. The summed E-state index contributed by atoms with van der Waals surface area (Å²) in [6.07, 6.45) is 1.58. The summed E-state index contributed by atoms with van der Waals surface area (Å²) in [6.45, 7) is 3.05. The Morgan fingerprint density at radius 1 is 1.26 bits per heavy atom. The summed E-state index contributed by atoms with van der Waals surface area (Å²) in [5.41, 5.74) is 0.870. The van der Waals surface area contributed by atoms with Crippen LogP contribution in [0.1, 0.15) is 46.6 Å². The molecule has 5 heterocycles. The molecule has 2 atom stereocenters. The molecule has 3 aromatic rings. The zero-order valence-electron chi connectivity index (χ0n) is 19.1. The first-order chi connectivity index (χ1) is 16.7. The number of amides is 1. The van der Waals surface area contributed by atoms with E-state index in [4.69, 9.17) is 11.6 Å². The van der Waals surface area contributed by atoms with Crippen LogP contribution in [0.4, 0.5) is 5.82 Å². The summed E-state index contributed by atoms with van der Waals surface area (Å²) in [4.78, 5) is 29.3. The number of hydrogen-bond acceptors (Lipinski definition) is 8. The number of carbonyl (C=O) groups is 2. The van der Waals surface area contributed by atoms with E-state index >= 15 is 0 Å². The highest BCUT2D eigenvalue weighted by molar-refractivity contribution is 7.87. The summed E-state index contributed by atoms with van der Waals surface area (Å²) in [5.74, 6) is -1.06. The number of halogens is 1. The molecule has 0 spiro atoms. The minimum Gasteiger partial charge on any atom is -0.354 e. The number of nitrogens with zero attached hydrogens (tertiary/aromatic N) is 5. The van der Waals surface area contributed by atoms with Gasteiger partial charge in [0.05, 0.1) is 28.2 Å². The van der Waals surface area contributed by atoms with E-state index in [0.717, 1.165) is 22.0 Å². The Balaban J connectivity index is 1.46. The van der Waals surface area contributed by atoms with Crippen LogP contribution in [0, 0.1) is 0 Å². The fourth-order valence-corrected chi connectivity index (χ4v) is 8.18. The van der Waals surface area contributed by atoms with E-state index in [9.17, 15) is 18.0 Å². The Morgan fingerprint density at radius 2 is 2.00 bits per heavy atom. The second kappa shape index (κ2) is 9.32. The number of β-lactam (4-membered cyclic amide) rings is 1. The molecule has 2 saturated heterocycles. The molecule has 2 aliphatic heterocycles. The lowest BCUT2D eigenvalue weighted by Gasteiger charge is -2.44. The minimum atomic E-state index is -3.86. The molecule has 9 nitrogen and oxygen atoms in total. The molecule has 0 aromatic carbocycles. The van der Waals surface area contributed by atoms with Gasteiger partial charge in [0.25, 0.3) is 5.91 Å². The molecule has 2 unspecified atom stereocenters. The van der Waals surface area contributed by atoms with Crippen LogP contribution in [0.5, 0.6) is 0 Å². The maximum atomic E-state index is 13.3. The van der Waals surface area contributed by atoms with Gasteiger partial charge in [0.15, 0.2) is 0 Å². The third kappa shape index (κ3) is 4.31. The molecule has 0 N–H and O–H groups in total. The van der Waals surface area contributed by atoms with Gasteiger partial charge in [-0.3, -0.25) is 9.59 Å². The third-order valence-electron chi connectivity index (χ3n) is 6.38. The van der Waals surface area contributed by atoms with Crippen LogP contribution >= 0.6 is 34.3 Å². The van der Waals surface area contributed by atoms with E-state index in [1.807, 2.05) is 29.5 Å². The van der Waals surface area contributed by atoms with Gasteiger partial charge >= 0.3 is 10.2 Å². The van der Waals surface area contributed by atoms with Crippen molar-refractivity contribution in [2.45, 2.75) is 38.3 Å². The van der Waals surface area contributed by atoms with Crippen LogP contribution in [-0.2, 0) is 21.5 Å². The Labute approximate surface area is 216 Å². The van der Waals surface area contributed by atoms with Gasteiger partial charge in [-0.25, -0.2) is 4.31 Å². The molecule has 1 amide bonds. The molecule has 2 fully saturated rings. The van der Waals surface area contributed by atoms with Gasteiger partial charge in [0, 0.05) is 36.5 Å². The van der Waals surface area contributed by atoms with E-state index in [0.29, 0.717) is 41.0 Å². The van der Waals surface area contributed by atoms with E-state index in [1.165, 1.54) is 31.7 Å². The maximum absolute atomic E-state index is 13.3. The SMILES string of the molecule is CC1C(c2cc(N(C)Cc3ccc(Cl)s3)n(C(=O)c3ccsc3)n2)C(=O)N1S(=O)(=O)N1CCCC1. The second-order valence-electron chi connectivity index (χ2n) is 8.68. The predicted molar refractivity (Wildman–Crippen MR) is 136 cm³/mol. The number of hydrogen-bond donors (Lipinski definition) is 0. The average molecular weight is 554 g/mol. The lowest BCUT2D eigenvalue weighted by atomic mass is 9.89. The van der Waals surface area contributed by atoms with Crippen LogP contribution in [0.2, 0.25) is 4.34 Å². The van der Waals surface area contributed by atoms with Crippen LogP contribution in [-0.4, -0.2) is 64.8 Å². The summed E-state index contributed by atoms with van der Waals surface area (Å²) < 4.78 is 30.3. The number of thiophene rings is 2. The van der Waals surface area contributed by atoms with Gasteiger partial charge in [-0.05, 0) is 43.3 Å². The van der Waals surface area contributed by atoms with Gasteiger partial charge in [-0.2, -0.15) is 33.8 Å². The van der Waals surface area contributed by atoms with Gasteiger partial charge in [0.1, 0.15) is 11.7 Å². The monoisotopic (exact) mass is 553 g/mol. The predicted octanol–water partition coefficient (Wildman–Crippen LogP) is 3.64. The van der Waals surface area contributed by atoms with Crippen molar-refractivity contribution in [2.24, 2.45) is 0 Å². The first kappa shape index (κ1) is 24.4. The van der Waals surface area contributed by atoms with Gasteiger partial charge in [0.2, 0.25) is 5.91 Å². The lowest BCUT2D eigenvalue weighted by Crippen LogP contribution is -2.63. The summed E-state index contributed by atoms with van der Waals surface area (Å²) >= 11 is 8.93. The number of carbonyl (C=O) groups excluding carboxylic acids is 2. The van der Waals surface area contributed by atoms with E-state index in [-0.39, 0.29) is 5.91 Å². The number of aromatic nitrogens is 2. The Morgan fingerprint density at radius 3 is 2.60 bits per heavy atom. The Kier molecular flexibility index (Phi) is 6.51. The van der Waals surface area contributed by atoms with Crippen molar-refractivity contribution < 1.29 is 18.0 Å². The van der Waals surface area contributed by atoms with Crippen molar-refractivity contribution in [3.63, 3.8) is 0 Å². The molecular weight excluding hydrogens is 530 g/mol. The highest BCUT2D eigenvalue weighted by atomic mass is 35.5. The molecule has 0 aliphatic carbocycles. The van der Waals surface area contributed by atoms with Gasteiger partial charge < -0.3 is 4.90 Å². The fraction of sp³-hybridized carbons (Fsp3) is 0.409. The first-order valence-corrected chi connectivity index (χ1v) is 14.7. The number of rotatable bonds is 7. The topological polar surface area (TPSA) is 95.8 Å². The van der Waals surface area contributed by atoms with E-state index in [2.05, 4.69) is 5.10 Å². The molecule has 0 bridgehead atoms. The lowest BCUT2D eigenvalue weighted by molar-refractivity contribution is -0.140. The summed E-state index contributed by atoms with van der Waals surface area (Å²) in [5, 5.41) is 8.08. The summed E-state index contributed by atoms with van der Waals surface area (Å²) in [6, 6.07) is 6.57. The van der Waals surface area contributed by atoms with Crippen LogP contribution in [0.3, 0.4) is 0 Å². The molecule has 0 saturated carbocycles. The smallest absolute Gasteiger partial charge is 0.306 e. The summed E-state index contributed by atoms with van der Waals surface area (Å²) in [7, 11) is -2.02. The normalized spacial score (nSPS) is 20.9. The molecule has 0 radical (unpaired) electrons. The maximum Gasteiger partial charge on any atom is 0.306 e. The highest BCUT2D eigenvalue weighted by Gasteiger charge is 2.54. The Hall–Kier alpha value is -2.25. The molecule has 186 valence electrons. The van der Waals surface area contributed by atoms with Crippen molar-refractivity contribution in [1.82, 2.24) is 18.4 Å². The molecule has 5 rings (SSSR count). The molecule has 13 heteroatoms.